The molecule has 0 bridgehead atoms. The highest BCUT2D eigenvalue weighted by Gasteiger charge is 2.11. The van der Waals surface area contributed by atoms with E-state index in [-0.39, 0.29) is 5.97 Å². The topological polar surface area (TPSA) is 48.4 Å². The molecule has 0 atom stereocenters. The number of aryl methyl sites for hydroxylation is 2. The Morgan fingerprint density at radius 1 is 1.21 bits per heavy atom. The van der Waals surface area contributed by atoms with Crippen molar-refractivity contribution in [3.63, 3.8) is 0 Å². The molecule has 0 fully saturated rings. The van der Waals surface area contributed by atoms with Crippen molar-refractivity contribution in [2.45, 2.75) is 19.8 Å². The van der Waals surface area contributed by atoms with Crippen molar-refractivity contribution in [2.75, 3.05) is 14.2 Å². The van der Waals surface area contributed by atoms with Gasteiger partial charge in [0.2, 0.25) is 0 Å². The molecule has 100 valence electrons. The average Bonchev–Trinajstić information content (AvgIpc) is 2.43. The van der Waals surface area contributed by atoms with E-state index in [9.17, 15) is 4.79 Å². The molecule has 1 heterocycles. The predicted octanol–water partition coefficient (Wildman–Crippen LogP) is 2.66. The Kier molecular flexibility index (Phi) is 4.00. The molecular formula is C15H17NO3. The fraction of sp³-hybridized carbons (Fsp3) is 0.333. The molecule has 2 rings (SSSR count). The van der Waals surface area contributed by atoms with E-state index < -0.39 is 0 Å². The van der Waals surface area contributed by atoms with Crippen molar-refractivity contribution >= 4 is 16.9 Å². The van der Waals surface area contributed by atoms with Crippen molar-refractivity contribution in [1.29, 1.82) is 0 Å². The van der Waals surface area contributed by atoms with Crippen molar-refractivity contribution in [2.24, 2.45) is 0 Å². The number of aromatic nitrogens is 1. The number of carbonyl (C=O) groups is 1. The highest BCUT2D eigenvalue weighted by atomic mass is 16.5. The van der Waals surface area contributed by atoms with E-state index >= 15 is 0 Å². The maximum atomic E-state index is 11.3. The third-order valence-electron chi connectivity index (χ3n) is 3.11. The van der Waals surface area contributed by atoms with Crippen LogP contribution in [0.3, 0.4) is 0 Å². The first-order valence-corrected chi connectivity index (χ1v) is 6.15. The third-order valence-corrected chi connectivity index (χ3v) is 3.11. The molecule has 0 unspecified atom stereocenters. The van der Waals surface area contributed by atoms with Crippen LogP contribution in [-0.4, -0.2) is 25.2 Å². The Labute approximate surface area is 112 Å². The van der Waals surface area contributed by atoms with Crippen molar-refractivity contribution in [3.8, 4) is 5.75 Å². The summed E-state index contributed by atoms with van der Waals surface area (Å²) < 4.78 is 10.1. The number of pyridine rings is 1. The van der Waals surface area contributed by atoms with Crippen LogP contribution in [0.25, 0.3) is 10.9 Å². The van der Waals surface area contributed by atoms with Crippen LogP contribution in [0.4, 0.5) is 0 Å². The summed E-state index contributed by atoms with van der Waals surface area (Å²) in [5, 5.41) is 1.02. The smallest absolute Gasteiger partial charge is 0.305 e. The van der Waals surface area contributed by atoms with Gasteiger partial charge in [-0.15, -0.1) is 0 Å². The highest BCUT2D eigenvalue weighted by Crippen LogP contribution is 2.28. The molecule has 0 aliphatic heterocycles. The lowest BCUT2D eigenvalue weighted by atomic mass is 10.0. The molecule has 19 heavy (non-hydrogen) atoms. The van der Waals surface area contributed by atoms with Crippen LogP contribution in [0, 0.1) is 6.92 Å². The van der Waals surface area contributed by atoms with Gasteiger partial charge in [0.15, 0.2) is 0 Å². The summed E-state index contributed by atoms with van der Waals surface area (Å²) in [6.45, 7) is 1.96. The number of hydrogen-bond acceptors (Lipinski definition) is 4. The van der Waals surface area contributed by atoms with E-state index in [4.69, 9.17) is 4.74 Å². The number of fused-ring (bicyclic) bond motifs is 1. The van der Waals surface area contributed by atoms with Gasteiger partial charge < -0.3 is 9.47 Å². The Hall–Kier alpha value is -2.10. The van der Waals surface area contributed by atoms with Crippen molar-refractivity contribution in [3.05, 3.63) is 35.5 Å². The van der Waals surface area contributed by atoms with Crippen LogP contribution < -0.4 is 4.74 Å². The van der Waals surface area contributed by atoms with Gasteiger partial charge in [0.1, 0.15) is 5.75 Å². The SMILES string of the molecule is COC(=O)CCc1c(OC)ccc2nc(C)ccc12. The van der Waals surface area contributed by atoms with Gasteiger partial charge >= 0.3 is 5.97 Å². The first-order chi connectivity index (χ1) is 9.15. The number of carbonyl (C=O) groups excluding carboxylic acids is 1. The molecule has 0 N–H and O–H groups in total. The Morgan fingerprint density at radius 3 is 2.68 bits per heavy atom. The highest BCUT2D eigenvalue weighted by molar-refractivity contribution is 5.85. The minimum absolute atomic E-state index is 0.223. The number of rotatable bonds is 4. The van der Waals surface area contributed by atoms with Gasteiger partial charge in [-0.2, -0.15) is 0 Å². The van der Waals surface area contributed by atoms with Crippen LogP contribution in [0.2, 0.25) is 0 Å². The minimum Gasteiger partial charge on any atom is -0.496 e. The van der Waals surface area contributed by atoms with Gasteiger partial charge in [0.05, 0.1) is 19.7 Å². The fourth-order valence-electron chi connectivity index (χ4n) is 2.13. The van der Waals surface area contributed by atoms with Crippen molar-refractivity contribution in [1.82, 2.24) is 4.98 Å². The van der Waals surface area contributed by atoms with Gasteiger partial charge in [-0.25, -0.2) is 0 Å². The summed E-state index contributed by atoms with van der Waals surface area (Å²) in [6, 6.07) is 7.81. The zero-order chi connectivity index (χ0) is 13.8. The summed E-state index contributed by atoms with van der Waals surface area (Å²) in [5.41, 5.74) is 2.88. The maximum absolute atomic E-state index is 11.3. The van der Waals surface area contributed by atoms with E-state index in [1.807, 2.05) is 31.2 Å². The van der Waals surface area contributed by atoms with Gasteiger partial charge in [-0.05, 0) is 31.5 Å². The summed E-state index contributed by atoms with van der Waals surface area (Å²) >= 11 is 0. The van der Waals surface area contributed by atoms with Gasteiger partial charge in [-0.1, -0.05) is 6.07 Å². The average molecular weight is 259 g/mol. The molecule has 0 spiro atoms. The number of methoxy groups -OCH3 is 2. The summed E-state index contributed by atoms with van der Waals surface area (Å²) in [5.74, 6) is 0.557. The maximum Gasteiger partial charge on any atom is 0.305 e. The molecule has 4 nitrogen and oxygen atoms in total. The molecule has 4 heteroatoms. The molecule has 2 aromatic rings. The lowest BCUT2D eigenvalue weighted by molar-refractivity contribution is -0.140. The molecule has 0 aliphatic rings. The third kappa shape index (κ3) is 2.84. The molecule has 0 saturated carbocycles. The zero-order valence-electron chi connectivity index (χ0n) is 11.4. The second-order valence-electron chi connectivity index (χ2n) is 4.34. The van der Waals surface area contributed by atoms with Crippen LogP contribution >= 0.6 is 0 Å². The first kappa shape index (κ1) is 13.3. The van der Waals surface area contributed by atoms with E-state index in [2.05, 4.69) is 9.72 Å². The molecule has 0 radical (unpaired) electrons. The largest absolute Gasteiger partial charge is 0.496 e. The quantitative estimate of drug-likeness (QED) is 0.792. The molecule has 0 aliphatic carbocycles. The molecule has 0 saturated heterocycles. The normalized spacial score (nSPS) is 10.5. The van der Waals surface area contributed by atoms with Gasteiger partial charge in [0, 0.05) is 23.1 Å². The zero-order valence-corrected chi connectivity index (χ0v) is 11.4. The molecular weight excluding hydrogens is 242 g/mol. The van der Waals surface area contributed by atoms with Gasteiger partial charge in [-0.3, -0.25) is 9.78 Å². The summed E-state index contributed by atoms with van der Waals surface area (Å²) in [7, 11) is 3.03. The number of esters is 1. The van der Waals surface area contributed by atoms with Crippen LogP contribution in [0.15, 0.2) is 24.3 Å². The first-order valence-electron chi connectivity index (χ1n) is 6.15. The summed E-state index contributed by atoms with van der Waals surface area (Å²) in [4.78, 5) is 15.8. The number of nitrogens with zero attached hydrogens (tertiary/aromatic N) is 1. The number of ether oxygens (including phenoxy) is 2. The number of hydrogen-bond donors (Lipinski definition) is 0. The van der Waals surface area contributed by atoms with Gasteiger partial charge in [0.25, 0.3) is 0 Å². The van der Waals surface area contributed by atoms with E-state index in [1.165, 1.54) is 7.11 Å². The Bertz CT molecular complexity index is 608. The second kappa shape index (κ2) is 5.69. The van der Waals surface area contributed by atoms with E-state index in [0.29, 0.717) is 12.8 Å². The predicted molar refractivity (Wildman–Crippen MR) is 73.4 cm³/mol. The lowest BCUT2D eigenvalue weighted by Crippen LogP contribution is -2.03. The minimum atomic E-state index is -0.223. The lowest BCUT2D eigenvalue weighted by Gasteiger charge is -2.11. The van der Waals surface area contributed by atoms with E-state index in [1.54, 1.807) is 7.11 Å². The second-order valence-corrected chi connectivity index (χ2v) is 4.34. The molecule has 1 aromatic carbocycles. The Morgan fingerprint density at radius 2 is 2.00 bits per heavy atom. The Balaban J connectivity index is 2.45. The standard InChI is InChI=1S/C15H17NO3/c1-10-4-5-11-12(6-9-15(17)19-3)14(18-2)8-7-13(11)16-10/h4-5,7-8H,6,9H2,1-3H3. The van der Waals surface area contributed by atoms with E-state index in [0.717, 1.165) is 27.9 Å². The van der Waals surface area contributed by atoms with Crippen molar-refractivity contribution < 1.29 is 14.3 Å². The van der Waals surface area contributed by atoms with Crippen LogP contribution in [0.5, 0.6) is 5.75 Å². The fourth-order valence-corrected chi connectivity index (χ4v) is 2.13. The van der Waals surface area contributed by atoms with Crippen LogP contribution in [0.1, 0.15) is 17.7 Å². The monoisotopic (exact) mass is 259 g/mol. The molecule has 0 amide bonds. The molecule has 1 aromatic heterocycles. The summed E-state index contributed by atoms with van der Waals surface area (Å²) in [6.07, 6.45) is 0.914. The van der Waals surface area contributed by atoms with Crippen LogP contribution in [-0.2, 0) is 16.0 Å². The number of benzene rings is 1.